The van der Waals surface area contributed by atoms with Crippen LogP contribution in [0, 0.1) is 0 Å². The number of nitrogens with two attached hydrogens (primary N) is 1. The quantitative estimate of drug-likeness (QED) is 0.270. The first-order valence-corrected chi connectivity index (χ1v) is 6.15. The molecule has 0 heterocycles. The summed E-state index contributed by atoms with van der Waals surface area (Å²) in [5.74, 6) is -3.37. The lowest BCUT2D eigenvalue weighted by molar-refractivity contribution is -0.138. The Bertz CT molecular complexity index is 412. The van der Waals surface area contributed by atoms with Crippen molar-refractivity contribution in [3.63, 3.8) is 0 Å². The average Bonchev–Trinajstić information content (AvgIpc) is 2.41. The Labute approximate surface area is 121 Å². The second-order valence-corrected chi connectivity index (χ2v) is 4.37. The highest BCUT2D eigenvalue weighted by molar-refractivity contribution is 5.93. The van der Waals surface area contributed by atoms with Crippen LogP contribution in [0.3, 0.4) is 0 Å². The Morgan fingerprint density at radius 1 is 1.05 bits per heavy atom. The first-order chi connectivity index (χ1) is 9.68. The molecule has 0 rings (SSSR count). The predicted molar refractivity (Wildman–Crippen MR) is 70.9 cm³/mol. The molecule has 0 saturated heterocycles. The number of nitrogens with one attached hydrogen (secondary N) is 3. The number of aliphatic hydroxyl groups excluding tert-OH is 1. The normalized spacial score (nSPS) is 14.5. The molecule has 0 aromatic carbocycles. The molecule has 0 aromatic heterocycles. The zero-order chi connectivity index (χ0) is 16.6. The van der Waals surface area contributed by atoms with E-state index in [0.717, 1.165) is 0 Å². The number of carboxylic acid groups (broad SMARTS) is 1. The maximum atomic E-state index is 11.7. The van der Waals surface area contributed by atoms with Crippen molar-refractivity contribution in [1.29, 1.82) is 0 Å². The summed E-state index contributed by atoms with van der Waals surface area (Å²) in [5.41, 5.74) is 5.32. The fourth-order valence-electron chi connectivity index (χ4n) is 1.19. The van der Waals surface area contributed by atoms with Crippen molar-refractivity contribution in [3.8, 4) is 0 Å². The topological polar surface area (TPSA) is 171 Å². The summed E-state index contributed by atoms with van der Waals surface area (Å²) in [7, 11) is 0. The van der Waals surface area contributed by atoms with Crippen molar-refractivity contribution in [1.82, 2.24) is 16.0 Å². The maximum absolute atomic E-state index is 11.7. The van der Waals surface area contributed by atoms with Crippen molar-refractivity contribution in [2.45, 2.75) is 32.0 Å². The minimum Gasteiger partial charge on any atom is -0.480 e. The number of carbonyl (C=O) groups excluding carboxylic acids is 3. The molecule has 3 unspecified atom stereocenters. The fourth-order valence-corrected chi connectivity index (χ4v) is 1.19. The standard InChI is InChI=1S/C11H20N4O6/c1-5(12)9(19)14-6(2)10(20)15-7(4-16)11(21)13-3-8(17)18/h5-7,16H,3-4,12H2,1-2H3,(H,13,21)(H,14,19)(H,15,20)(H,17,18). The van der Waals surface area contributed by atoms with Crippen molar-refractivity contribution >= 4 is 23.7 Å². The molecule has 120 valence electrons. The van der Waals surface area contributed by atoms with Gasteiger partial charge in [0.05, 0.1) is 12.6 Å². The highest BCUT2D eigenvalue weighted by Crippen LogP contribution is 1.89. The van der Waals surface area contributed by atoms with E-state index in [1.54, 1.807) is 0 Å². The van der Waals surface area contributed by atoms with Crippen molar-refractivity contribution < 1.29 is 29.4 Å². The number of aliphatic carboxylic acids is 1. The van der Waals surface area contributed by atoms with Gasteiger partial charge in [-0.3, -0.25) is 19.2 Å². The fraction of sp³-hybridized carbons (Fsp3) is 0.636. The number of hydrogen-bond donors (Lipinski definition) is 6. The minimum absolute atomic E-state index is 0.548. The number of carbonyl (C=O) groups is 4. The van der Waals surface area contributed by atoms with Crippen molar-refractivity contribution in [2.24, 2.45) is 5.73 Å². The number of carboxylic acids is 1. The van der Waals surface area contributed by atoms with Crippen LogP contribution in [-0.4, -0.2) is 65.2 Å². The van der Waals surface area contributed by atoms with Crippen LogP contribution in [0.1, 0.15) is 13.8 Å². The molecule has 0 spiro atoms. The van der Waals surface area contributed by atoms with E-state index < -0.39 is 55.0 Å². The van der Waals surface area contributed by atoms with Gasteiger partial charge in [0, 0.05) is 0 Å². The Hall–Kier alpha value is -2.20. The second-order valence-electron chi connectivity index (χ2n) is 4.37. The summed E-state index contributed by atoms with van der Waals surface area (Å²) in [6, 6.07) is -3.08. The van der Waals surface area contributed by atoms with E-state index in [1.165, 1.54) is 13.8 Å². The van der Waals surface area contributed by atoms with Gasteiger partial charge in [0.2, 0.25) is 17.7 Å². The van der Waals surface area contributed by atoms with Crippen LogP contribution >= 0.6 is 0 Å². The highest BCUT2D eigenvalue weighted by Gasteiger charge is 2.24. The molecule has 0 aliphatic rings. The summed E-state index contributed by atoms with van der Waals surface area (Å²) in [6.07, 6.45) is 0. The van der Waals surface area contributed by atoms with Crippen LogP contribution in [-0.2, 0) is 19.2 Å². The largest absolute Gasteiger partial charge is 0.480 e. The molecule has 3 atom stereocenters. The van der Waals surface area contributed by atoms with E-state index in [4.69, 9.17) is 15.9 Å². The van der Waals surface area contributed by atoms with Crippen molar-refractivity contribution in [3.05, 3.63) is 0 Å². The third-order valence-corrected chi connectivity index (χ3v) is 2.40. The van der Waals surface area contributed by atoms with E-state index in [2.05, 4.69) is 10.6 Å². The zero-order valence-electron chi connectivity index (χ0n) is 11.8. The molecule has 7 N–H and O–H groups in total. The van der Waals surface area contributed by atoms with Gasteiger partial charge in [-0.2, -0.15) is 0 Å². The number of hydrogen-bond acceptors (Lipinski definition) is 6. The van der Waals surface area contributed by atoms with Gasteiger partial charge in [-0.15, -0.1) is 0 Å². The van der Waals surface area contributed by atoms with E-state index in [-0.39, 0.29) is 0 Å². The molecule has 0 aromatic rings. The molecule has 10 heteroatoms. The second kappa shape index (κ2) is 8.87. The van der Waals surface area contributed by atoms with Gasteiger partial charge < -0.3 is 31.9 Å². The van der Waals surface area contributed by atoms with Crippen LogP contribution in [0.5, 0.6) is 0 Å². The monoisotopic (exact) mass is 304 g/mol. The van der Waals surface area contributed by atoms with E-state index in [1.807, 2.05) is 5.32 Å². The molecule has 0 fully saturated rings. The number of amides is 3. The SMILES string of the molecule is CC(N)C(=O)NC(C)C(=O)NC(CO)C(=O)NCC(=O)O. The molecule has 0 aliphatic heterocycles. The Morgan fingerprint density at radius 2 is 1.62 bits per heavy atom. The van der Waals surface area contributed by atoms with Gasteiger partial charge in [0.25, 0.3) is 0 Å². The average molecular weight is 304 g/mol. The Balaban J connectivity index is 4.46. The van der Waals surface area contributed by atoms with Crippen LogP contribution in [0.15, 0.2) is 0 Å². The van der Waals surface area contributed by atoms with Gasteiger partial charge >= 0.3 is 5.97 Å². The van der Waals surface area contributed by atoms with Gasteiger partial charge in [0.1, 0.15) is 18.6 Å². The first-order valence-electron chi connectivity index (χ1n) is 6.15. The summed E-state index contributed by atoms with van der Waals surface area (Å²) in [5, 5.41) is 24.0. The van der Waals surface area contributed by atoms with Crippen LogP contribution in [0.4, 0.5) is 0 Å². The van der Waals surface area contributed by atoms with Crippen LogP contribution < -0.4 is 21.7 Å². The number of aliphatic hydroxyl groups is 1. The minimum atomic E-state index is -1.31. The Kier molecular flexibility index (Phi) is 7.94. The van der Waals surface area contributed by atoms with Crippen LogP contribution in [0.25, 0.3) is 0 Å². The zero-order valence-corrected chi connectivity index (χ0v) is 11.8. The third kappa shape index (κ3) is 7.22. The summed E-state index contributed by atoms with van der Waals surface area (Å²) in [4.78, 5) is 44.9. The molecule has 0 aliphatic carbocycles. The first kappa shape index (κ1) is 18.8. The lowest BCUT2D eigenvalue weighted by Gasteiger charge is -2.20. The molecular weight excluding hydrogens is 284 g/mol. The third-order valence-electron chi connectivity index (χ3n) is 2.40. The maximum Gasteiger partial charge on any atom is 0.322 e. The Morgan fingerprint density at radius 3 is 2.05 bits per heavy atom. The van der Waals surface area contributed by atoms with Gasteiger partial charge in [-0.25, -0.2) is 0 Å². The molecule has 0 saturated carbocycles. The lowest BCUT2D eigenvalue weighted by Crippen LogP contribution is -2.55. The summed E-state index contributed by atoms with van der Waals surface area (Å²) in [6.45, 7) is 1.46. The van der Waals surface area contributed by atoms with Gasteiger partial charge in [-0.05, 0) is 13.8 Å². The van der Waals surface area contributed by atoms with Crippen LogP contribution in [0.2, 0.25) is 0 Å². The lowest BCUT2D eigenvalue weighted by atomic mass is 10.2. The summed E-state index contributed by atoms with van der Waals surface area (Å²) >= 11 is 0. The number of rotatable bonds is 8. The van der Waals surface area contributed by atoms with E-state index in [9.17, 15) is 19.2 Å². The molecule has 10 nitrogen and oxygen atoms in total. The van der Waals surface area contributed by atoms with Gasteiger partial charge in [-0.1, -0.05) is 0 Å². The molecule has 0 radical (unpaired) electrons. The van der Waals surface area contributed by atoms with E-state index in [0.29, 0.717) is 0 Å². The molecule has 0 bridgehead atoms. The van der Waals surface area contributed by atoms with Crippen molar-refractivity contribution in [2.75, 3.05) is 13.2 Å². The summed E-state index contributed by atoms with van der Waals surface area (Å²) < 4.78 is 0. The molecule has 3 amide bonds. The highest BCUT2D eigenvalue weighted by atomic mass is 16.4. The van der Waals surface area contributed by atoms with Gasteiger partial charge in [0.15, 0.2) is 0 Å². The smallest absolute Gasteiger partial charge is 0.322 e. The predicted octanol–water partition coefficient (Wildman–Crippen LogP) is -3.48. The molecular formula is C11H20N4O6. The van der Waals surface area contributed by atoms with E-state index >= 15 is 0 Å². The molecule has 21 heavy (non-hydrogen) atoms.